The fourth-order valence-electron chi connectivity index (χ4n) is 2.23. The average molecular weight is 361 g/mol. The third-order valence-electron chi connectivity index (χ3n) is 3.32. The van der Waals surface area contributed by atoms with Gasteiger partial charge in [-0.2, -0.15) is 5.10 Å². The molecule has 0 saturated heterocycles. The predicted molar refractivity (Wildman–Crippen MR) is 95.5 cm³/mol. The molecule has 8 heteroatoms. The number of methoxy groups -OCH3 is 2. The molecule has 0 saturated carbocycles. The van der Waals surface area contributed by atoms with Crippen LogP contribution in [0.4, 0.5) is 10.5 Å². The van der Waals surface area contributed by atoms with E-state index in [-0.39, 0.29) is 0 Å². The van der Waals surface area contributed by atoms with E-state index in [1.807, 2.05) is 0 Å². The molecule has 0 unspecified atom stereocenters. The Hall–Kier alpha value is -3.03. The summed E-state index contributed by atoms with van der Waals surface area (Å²) in [7, 11) is 2.85. The molecule has 0 bridgehead atoms. The molecule has 0 aliphatic rings. The van der Waals surface area contributed by atoms with Crippen LogP contribution < -0.4 is 10.1 Å². The fraction of sp³-hybridized carbons (Fsp3) is 0.389. The van der Waals surface area contributed by atoms with Crippen molar-refractivity contribution in [1.29, 1.82) is 0 Å². The van der Waals surface area contributed by atoms with Gasteiger partial charge in [0.1, 0.15) is 11.4 Å². The Kier molecular flexibility index (Phi) is 5.86. The number of nitrogens with zero attached hydrogens (tertiary/aromatic N) is 2. The van der Waals surface area contributed by atoms with Crippen molar-refractivity contribution < 1.29 is 23.8 Å². The van der Waals surface area contributed by atoms with Crippen molar-refractivity contribution in [2.24, 2.45) is 0 Å². The Morgan fingerprint density at radius 1 is 1.23 bits per heavy atom. The van der Waals surface area contributed by atoms with Crippen LogP contribution in [-0.4, -0.2) is 41.7 Å². The number of amides is 1. The van der Waals surface area contributed by atoms with Crippen LogP contribution in [0.25, 0.3) is 0 Å². The van der Waals surface area contributed by atoms with Crippen molar-refractivity contribution in [3.05, 3.63) is 41.7 Å². The molecule has 8 nitrogen and oxygen atoms in total. The van der Waals surface area contributed by atoms with E-state index in [2.05, 4.69) is 10.4 Å². The first-order valence-corrected chi connectivity index (χ1v) is 7.99. The Labute approximate surface area is 152 Å². The third-order valence-corrected chi connectivity index (χ3v) is 3.32. The predicted octanol–water partition coefficient (Wildman–Crippen LogP) is 3.07. The van der Waals surface area contributed by atoms with E-state index >= 15 is 0 Å². The molecular formula is C18H23N3O5. The number of ether oxygens (including phenoxy) is 3. The number of benzene rings is 1. The number of carbonyl (C=O) groups excluding carboxylic acids is 2. The molecule has 0 atom stereocenters. The molecule has 0 radical (unpaired) electrons. The number of anilines is 1. The largest absolute Gasteiger partial charge is 0.496 e. The highest BCUT2D eigenvalue weighted by Crippen LogP contribution is 2.22. The lowest BCUT2D eigenvalue weighted by Gasteiger charge is -2.19. The lowest BCUT2D eigenvalue weighted by molar-refractivity contribution is 0.0597. The molecule has 1 heterocycles. The van der Waals surface area contributed by atoms with Gasteiger partial charge < -0.3 is 14.2 Å². The summed E-state index contributed by atoms with van der Waals surface area (Å²) in [6, 6.07) is 5.05. The van der Waals surface area contributed by atoms with Crippen LogP contribution in [0.2, 0.25) is 0 Å². The van der Waals surface area contributed by atoms with Crippen LogP contribution in [-0.2, 0) is 16.0 Å². The molecule has 0 aliphatic heterocycles. The van der Waals surface area contributed by atoms with Crippen molar-refractivity contribution in [1.82, 2.24) is 9.78 Å². The first-order valence-electron chi connectivity index (χ1n) is 7.99. The van der Waals surface area contributed by atoms with E-state index in [0.29, 0.717) is 23.5 Å². The molecule has 0 aliphatic carbocycles. The second-order valence-corrected chi connectivity index (χ2v) is 6.57. The van der Waals surface area contributed by atoms with Crippen molar-refractivity contribution >= 4 is 17.7 Å². The van der Waals surface area contributed by atoms with E-state index in [1.54, 1.807) is 49.8 Å². The Morgan fingerprint density at radius 3 is 2.58 bits per heavy atom. The van der Waals surface area contributed by atoms with Gasteiger partial charge in [0, 0.05) is 11.8 Å². The van der Waals surface area contributed by atoms with Gasteiger partial charge in [-0.1, -0.05) is 6.07 Å². The van der Waals surface area contributed by atoms with Gasteiger partial charge in [0.2, 0.25) is 0 Å². The number of aromatic nitrogens is 2. The molecule has 1 amide bonds. The standard InChI is InChI=1S/C18H23N3O5/c1-18(2,3)26-17(23)20-14-9-19-21(11-14)10-13-7-6-12(16(22)25-5)8-15(13)24-4/h6-9,11H,10H2,1-5H3,(H,20,23). The van der Waals surface area contributed by atoms with Gasteiger partial charge >= 0.3 is 12.1 Å². The zero-order chi connectivity index (χ0) is 19.3. The molecule has 0 fully saturated rings. The number of esters is 1. The Balaban J connectivity index is 2.09. The van der Waals surface area contributed by atoms with E-state index in [4.69, 9.17) is 14.2 Å². The van der Waals surface area contributed by atoms with Crippen LogP contribution in [0.3, 0.4) is 0 Å². The lowest BCUT2D eigenvalue weighted by Crippen LogP contribution is -2.27. The molecule has 2 aromatic rings. The molecule has 1 aromatic carbocycles. The first kappa shape index (κ1) is 19.3. The van der Waals surface area contributed by atoms with Crippen LogP contribution in [0, 0.1) is 0 Å². The minimum atomic E-state index is -0.575. The van der Waals surface area contributed by atoms with Crippen LogP contribution in [0.15, 0.2) is 30.6 Å². The highest BCUT2D eigenvalue weighted by atomic mass is 16.6. The zero-order valence-corrected chi connectivity index (χ0v) is 15.5. The van der Waals surface area contributed by atoms with Gasteiger partial charge in [-0.05, 0) is 32.9 Å². The van der Waals surface area contributed by atoms with Crippen LogP contribution in [0.1, 0.15) is 36.7 Å². The quantitative estimate of drug-likeness (QED) is 0.823. The summed E-state index contributed by atoms with van der Waals surface area (Å²) in [6.45, 7) is 5.78. The van der Waals surface area contributed by atoms with Gasteiger partial charge in [0.15, 0.2) is 0 Å². The first-order chi connectivity index (χ1) is 12.2. The van der Waals surface area contributed by atoms with Gasteiger partial charge in [-0.3, -0.25) is 10.00 Å². The highest BCUT2D eigenvalue weighted by molar-refractivity contribution is 5.90. The van der Waals surface area contributed by atoms with Crippen molar-refractivity contribution in [2.75, 3.05) is 19.5 Å². The molecule has 0 spiro atoms. The fourth-order valence-corrected chi connectivity index (χ4v) is 2.23. The molecule has 1 aromatic heterocycles. The zero-order valence-electron chi connectivity index (χ0n) is 15.5. The summed E-state index contributed by atoms with van der Waals surface area (Å²) >= 11 is 0. The third kappa shape index (κ3) is 5.23. The smallest absolute Gasteiger partial charge is 0.412 e. The lowest BCUT2D eigenvalue weighted by atomic mass is 10.1. The van der Waals surface area contributed by atoms with Crippen molar-refractivity contribution in [3.63, 3.8) is 0 Å². The maximum Gasteiger partial charge on any atom is 0.412 e. The molecule has 1 N–H and O–H groups in total. The summed E-state index contributed by atoms with van der Waals surface area (Å²) in [5.74, 6) is 0.114. The van der Waals surface area contributed by atoms with Gasteiger partial charge in [-0.15, -0.1) is 0 Å². The second kappa shape index (κ2) is 7.90. The summed E-state index contributed by atoms with van der Waals surface area (Å²) in [4.78, 5) is 23.4. The van der Waals surface area contributed by atoms with Gasteiger partial charge in [0.05, 0.1) is 38.2 Å². The van der Waals surface area contributed by atoms with E-state index in [1.165, 1.54) is 20.4 Å². The van der Waals surface area contributed by atoms with Crippen molar-refractivity contribution in [3.8, 4) is 5.75 Å². The summed E-state index contributed by atoms with van der Waals surface area (Å²) in [5, 5.41) is 6.84. The number of hydrogen-bond donors (Lipinski definition) is 1. The highest BCUT2D eigenvalue weighted by Gasteiger charge is 2.17. The second-order valence-electron chi connectivity index (χ2n) is 6.57. The van der Waals surface area contributed by atoms with Crippen LogP contribution in [0.5, 0.6) is 5.75 Å². The Bertz CT molecular complexity index is 792. The van der Waals surface area contributed by atoms with E-state index in [0.717, 1.165) is 5.56 Å². The Morgan fingerprint density at radius 2 is 1.96 bits per heavy atom. The minimum Gasteiger partial charge on any atom is -0.496 e. The molecule has 140 valence electrons. The summed E-state index contributed by atoms with van der Waals surface area (Å²) in [6.07, 6.45) is 2.66. The maximum absolute atomic E-state index is 11.8. The normalized spacial score (nSPS) is 11.0. The van der Waals surface area contributed by atoms with Gasteiger partial charge in [-0.25, -0.2) is 9.59 Å². The maximum atomic E-state index is 11.8. The molecule has 2 rings (SSSR count). The molecular weight excluding hydrogens is 338 g/mol. The van der Waals surface area contributed by atoms with E-state index in [9.17, 15) is 9.59 Å². The van der Waals surface area contributed by atoms with Crippen LogP contribution >= 0.6 is 0 Å². The minimum absolute atomic E-state index is 0.403. The summed E-state index contributed by atoms with van der Waals surface area (Å²) < 4.78 is 16.9. The van der Waals surface area contributed by atoms with E-state index < -0.39 is 17.7 Å². The van der Waals surface area contributed by atoms with Gasteiger partial charge in [0.25, 0.3) is 0 Å². The monoisotopic (exact) mass is 361 g/mol. The summed E-state index contributed by atoms with van der Waals surface area (Å²) in [5.41, 5.74) is 1.17. The number of rotatable bonds is 5. The average Bonchev–Trinajstić information content (AvgIpc) is 2.99. The van der Waals surface area contributed by atoms with Crippen molar-refractivity contribution in [2.45, 2.75) is 32.9 Å². The number of nitrogens with one attached hydrogen (secondary N) is 1. The topological polar surface area (TPSA) is 91.7 Å². The number of hydrogen-bond acceptors (Lipinski definition) is 6. The SMILES string of the molecule is COC(=O)c1ccc(Cn2cc(NC(=O)OC(C)(C)C)cn2)c(OC)c1. The molecule has 26 heavy (non-hydrogen) atoms. The number of carbonyl (C=O) groups is 2.